The molecule has 1 heteroatoms. The lowest BCUT2D eigenvalue weighted by molar-refractivity contribution is 1.30. The Labute approximate surface area is 74.2 Å². The summed E-state index contributed by atoms with van der Waals surface area (Å²) in [6, 6.07) is 6.32. The van der Waals surface area contributed by atoms with E-state index in [0.717, 1.165) is 5.71 Å². The number of hydrogen-bond donors (Lipinski definition) is 0. The molecule has 0 aliphatic heterocycles. The van der Waals surface area contributed by atoms with E-state index < -0.39 is 0 Å². The number of benzene rings is 1. The van der Waals surface area contributed by atoms with Crippen molar-refractivity contribution >= 4 is 5.71 Å². The van der Waals surface area contributed by atoms with Crippen molar-refractivity contribution in [2.24, 2.45) is 4.99 Å². The van der Waals surface area contributed by atoms with Gasteiger partial charge in [0.2, 0.25) is 0 Å². The van der Waals surface area contributed by atoms with Gasteiger partial charge >= 0.3 is 0 Å². The van der Waals surface area contributed by atoms with E-state index in [-0.39, 0.29) is 0 Å². The molecule has 0 amide bonds. The molecule has 0 aliphatic rings. The molecule has 0 saturated carbocycles. The Morgan fingerprint density at radius 3 is 2.50 bits per heavy atom. The molecular formula is C11H15N. The smallest absolute Gasteiger partial charge is 0.0388 e. The fraction of sp³-hybridized carbons (Fsp3) is 0.364. The van der Waals surface area contributed by atoms with Crippen molar-refractivity contribution in [3.05, 3.63) is 34.9 Å². The zero-order valence-electron chi connectivity index (χ0n) is 8.18. The lowest BCUT2D eigenvalue weighted by atomic mass is 10.0. The summed E-state index contributed by atoms with van der Waals surface area (Å²) in [7, 11) is 1.83. The fourth-order valence-electron chi connectivity index (χ4n) is 1.26. The van der Waals surface area contributed by atoms with Crippen molar-refractivity contribution in [2.75, 3.05) is 7.05 Å². The van der Waals surface area contributed by atoms with Crippen LogP contribution in [0.25, 0.3) is 0 Å². The van der Waals surface area contributed by atoms with Gasteiger partial charge in [-0.25, -0.2) is 0 Å². The minimum absolute atomic E-state index is 1.11. The van der Waals surface area contributed by atoms with Gasteiger partial charge < -0.3 is 0 Å². The van der Waals surface area contributed by atoms with Crippen LogP contribution in [-0.2, 0) is 0 Å². The Hall–Kier alpha value is -1.11. The van der Waals surface area contributed by atoms with Crippen molar-refractivity contribution in [2.45, 2.75) is 20.8 Å². The molecule has 1 aromatic rings. The van der Waals surface area contributed by atoms with Crippen molar-refractivity contribution in [3.63, 3.8) is 0 Å². The van der Waals surface area contributed by atoms with E-state index in [2.05, 4.69) is 37.0 Å². The van der Waals surface area contributed by atoms with Crippen LogP contribution in [0, 0.1) is 13.8 Å². The lowest BCUT2D eigenvalue weighted by Crippen LogP contribution is -1.98. The van der Waals surface area contributed by atoms with Gasteiger partial charge in [0.05, 0.1) is 0 Å². The Morgan fingerprint density at radius 2 is 1.92 bits per heavy atom. The molecule has 0 atom stereocenters. The Bertz CT molecular complexity index is 311. The van der Waals surface area contributed by atoms with E-state index in [4.69, 9.17) is 0 Å². The highest BCUT2D eigenvalue weighted by atomic mass is 14.7. The van der Waals surface area contributed by atoms with Crippen LogP contribution < -0.4 is 0 Å². The number of nitrogens with zero attached hydrogens (tertiary/aromatic N) is 1. The molecule has 0 unspecified atom stereocenters. The zero-order valence-corrected chi connectivity index (χ0v) is 8.18. The first-order valence-electron chi connectivity index (χ1n) is 4.16. The van der Waals surface area contributed by atoms with Crippen LogP contribution in [0.5, 0.6) is 0 Å². The van der Waals surface area contributed by atoms with E-state index in [1.54, 1.807) is 0 Å². The van der Waals surface area contributed by atoms with Crippen LogP contribution in [0.2, 0.25) is 0 Å². The van der Waals surface area contributed by atoms with E-state index in [1.165, 1.54) is 16.7 Å². The topological polar surface area (TPSA) is 12.4 Å². The van der Waals surface area contributed by atoms with Gasteiger partial charge in [0.25, 0.3) is 0 Å². The predicted octanol–water partition coefficient (Wildman–Crippen LogP) is 2.74. The minimum atomic E-state index is 1.11. The summed E-state index contributed by atoms with van der Waals surface area (Å²) in [4.78, 5) is 4.18. The summed E-state index contributed by atoms with van der Waals surface area (Å²) in [6.45, 7) is 6.31. The summed E-state index contributed by atoms with van der Waals surface area (Å²) < 4.78 is 0. The third-order valence-electron chi connectivity index (χ3n) is 2.33. The average molecular weight is 161 g/mol. The van der Waals surface area contributed by atoms with Gasteiger partial charge in [-0.1, -0.05) is 18.2 Å². The van der Waals surface area contributed by atoms with E-state index in [1.807, 2.05) is 14.0 Å². The lowest BCUT2D eigenvalue weighted by Gasteiger charge is -2.06. The summed E-state index contributed by atoms with van der Waals surface area (Å²) >= 11 is 0. The van der Waals surface area contributed by atoms with E-state index >= 15 is 0 Å². The van der Waals surface area contributed by atoms with Crippen molar-refractivity contribution < 1.29 is 0 Å². The molecule has 0 saturated heterocycles. The van der Waals surface area contributed by atoms with Gasteiger partial charge in [-0.2, -0.15) is 0 Å². The molecular weight excluding hydrogens is 146 g/mol. The maximum absolute atomic E-state index is 4.18. The second-order valence-corrected chi connectivity index (χ2v) is 3.06. The quantitative estimate of drug-likeness (QED) is 0.561. The molecule has 0 aliphatic carbocycles. The third kappa shape index (κ3) is 1.55. The summed E-state index contributed by atoms with van der Waals surface area (Å²) in [5.74, 6) is 0. The van der Waals surface area contributed by atoms with Crippen molar-refractivity contribution in [3.8, 4) is 0 Å². The van der Waals surface area contributed by atoms with Crippen LogP contribution in [-0.4, -0.2) is 12.8 Å². The minimum Gasteiger partial charge on any atom is -0.293 e. The van der Waals surface area contributed by atoms with Crippen molar-refractivity contribution in [1.29, 1.82) is 0 Å². The third-order valence-corrected chi connectivity index (χ3v) is 2.33. The van der Waals surface area contributed by atoms with Gasteiger partial charge in [-0.05, 0) is 37.5 Å². The molecule has 0 bridgehead atoms. The first kappa shape index (κ1) is 8.98. The summed E-state index contributed by atoms with van der Waals surface area (Å²) in [6.07, 6.45) is 0. The molecule has 0 fully saturated rings. The maximum Gasteiger partial charge on any atom is 0.0388 e. The van der Waals surface area contributed by atoms with Gasteiger partial charge in [-0.3, -0.25) is 4.99 Å². The first-order valence-corrected chi connectivity index (χ1v) is 4.16. The maximum atomic E-state index is 4.18. The molecule has 0 spiro atoms. The SMILES string of the molecule is C/N=C(/C)c1cccc(C)c1C. The van der Waals surface area contributed by atoms with Crippen LogP contribution in [0.15, 0.2) is 23.2 Å². The number of hydrogen-bond acceptors (Lipinski definition) is 1. The Balaban J connectivity index is 3.26. The molecule has 0 aromatic heterocycles. The normalized spacial score (nSPS) is 11.8. The molecule has 1 nitrogen and oxygen atoms in total. The first-order chi connectivity index (χ1) is 5.66. The van der Waals surface area contributed by atoms with Gasteiger partial charge in [0.15, 0.2) is 0 Å². The molecule has 1 rings (SSSR count). The molecule has 1 aromatic carbocycles. The van der Waals surface area contributed by atoms with E-state index in [0.29, 0.717) is 0 Å². The summed E-state index contributed by atoms with van der Waals surface area (Å²) in [5.41, 5.74) is 5.03. The summed E-state index contributed by atoms with van der Waals surface area (Å²) in [5, 5.41) is 0. The Morgan fingerprint density at radius 1 is 1.25 bits per heavy atom. The number of aryl methyl sites for hydroxylation is 1. The predicted molar refractivity (Wildman–Crippen MR) is 54.1 cm³/mol. The van der Waals surface area contributed by atoms with Crippen LogP contribution in [0.3, 0.4) is 0 Å². The largest absolute Gasteiger partial charge is 0.293 e. The second-order valence-electron chi connectivity index (χ2n) is 3.06. The Kier molecular flexibility index (Phi) is 2.64. The van der Waals surface area contributed by atoms with Crippen LogP contribution in [0.4, 0.5) is 0 Å². The zero-order chi connectivity index (χ0) is 9.14. The van der Waals surface area contributed by atoms with Gasteiger partial charge in [0.1, 0.15) is 0 Å². The fourth-order valence-corrected chi connectivity index (χ4v) is 1.26. The molecule has 64 valence electrons. The number of aliphatic imine (C=N–C) groups is 1. The monoisotopic (exact) mass is 161 g/mol. The van der Waals surface area contributed by atoms with Crippen molar-refractivity contribution in [1.82, 2.24) is 0 Å². The highest BCUT2D eigenvalue weighted by Crippen LogP contribution is 2.13. The molecule has 12 heavy (non-hydrogen) atoms. The second kappa shape index (κ2) is 3.53. The molecule has 0 N–H and O–H groups in total. The van der Waals surface area contributed by atoms with Gasteiger partial charge in [-0.15, -0.1) is 0 Å². The van der Waals surface area contributed by atoms with Crippen LogP contribution in [0.1, 0.15) is 23.6 Å². The highest BCUT2D eigenvalue weighted by Gasteiger charge is 2.01. The van der Waals surface area contributed by atoms with E-state index in [9.17, 15) is 0 Å². The number of rotatable bonds is 1. The standard InChI is InChI=1S/C11H15N/c1-8-6-5-7-11(9(8)2)10(3)12-4/h5-7H,1-4H3/b12-10-. The highest BCUT2D eigenvalue weighted by molar-refractivity contribution is 6.00. The average Bonchev–Trinajstić information content (AvgIpc) is 2.08. The van der Waals surface area contributed by atoms with Gasteiger partial charge in [0, 0.05) is 12.8 Å². The van der Waals surface area contributed by atoms with Crippen LogP contribution >= 0.6 is 0 Å². The molecule has 0 radical (unpaired) electrons. The molecule has 0 heterocycles.